The van der Waals surface area contributed by atoms with Crippen LogP contribution >= 0.6 is 0 Å². The molecule has 0 amide bonds. The third-order valence-electron chi connectivity index (χ3n) is 6.55. The van der Waals surface area contributed by atoms with Gasteiger partial charge in [0, 0.05) is 11.5 Å². The molecule has 128 valence electrons. The minimum atomic E-state index is -4.69. The Bertz CT molecular complexity index is 636. The Morgan fingerprint density at radius 2 is 1.87 bits per heavy atom. The molecule has 1 aromatic carbocycles. The van der Waals surface area contributed by atoms with Crippen molar-refractivity contribution >= 4 is 0 Å². The number of halogens is 3. The Morgan fingerprint density at radius 1 is 1.22 bits per heavy atom. The monoisotopic (exact) mass is 327 g/mol. The zero-order chi connectivity index (χ0) is 17.3. The number of hydrogen-bond donors (Lipinski definition) is 2. The lowest BCUT2D eigenvalue weighted by atomic mass is 9.51. The quantitative estimate of drug-likeness (QED) is 0.825. The number of rotatable bonds is 1. The lowest BCUT2D eigenvalue weighted by Crippen LogP contribution is -2.62. The number of alkyl halides is 3. The number of piperidine rings is 1. The number of hydrogen-bond acceptors (Lipinski definition) is 2. The topological polar surface area (TPSA) is 32.3 Å². The first-order chi connectivity index (χ1) is 10.4. The van der Waals surface area contributed by atoms with Crippen molar-refractivity contribution < 1.29 is 18.3 Å². The van der Waals surface area contributed by atoms with Gasteiger partial charge in [0.1, 0.15) is 0 Å². The van der Waals surface area contributed by atoms with Crippen molar-refractivity contribution in [2.24, 2.45) is 5.41 Å². The summed E-state index contributed by atoms with van der Waals surface area (Å²) in [6.45, 7) is 8.20. The smallest absolute Gasteiger partial charge is 0.376 e. The lowest BCUT2D eigenvalue weighted by molar-refractivity contribution is -0.258. The first-order valence-corrected chi connectivity index (χ1v) is 8.07. The fourth-order valence-electron chi connectivity index (χ4n) is 4.22. The molecule has 3 atom stereocenters. The number of fused-ring (bicyclic) bond motifs is 4. The summed E-state index contributed by atoms with van der Waals surface area (Å²) in [6.07, 6.45) is -3.00. The molecule has 2 bridgehead atoms. The van der Waals surface area contributed by atoms with Crippen LogP contribution in [0.5, 0.6) is 0 Å². The Morgan fingerprint density at radius 3 is 2.48 bits per heavy atom. The molecule has 2 N–H and O–H groups in total. The van der Waals surface area contributed by atoms with Crippen molar-refractivity contribution in [3.8, 4) is 0 Å². The van der Waals surface area contributed by atoms with E-state index in [1.54, 1.807) is 12.1 Å². The molecular weight excluding hydrogens is 303 g/mol. The van der Waals surface area contributed by atoms with Gasteiger partial charge in [-0.05, 0) is 48.4 Å². The molecule has 1 fully saturated rings. The van der Waals surface area contributed by atoms with Gasteiger partial charge in [-0.25, -0.2) is 0 Å². The molecule has 1 saturated heterocycles. The zero-order valence-electron chi connectivity index (χ0n) is 14.0. The van der Waals surface area contributed by atoms with E-state index < -0.39 is 11.8 Å². The molecule has 1 aromatic rings. The minimum Gasteiger partial charge on any atom is -0.376 e. The largest absolute Gasteiger partial charge is 0.421 e. The Hall–Kier alpha value is -1.07. The summed E-state index contributed by atoms with van der Waals surface area (Å²) >= 11 is 0. The predicted octanol–water partition coefficient (Wildman–Crippen LogP) is 3.66. The third-order valence-corrected chi connectivity index (χ3v) is 6.55. The van der Waals surface area contributed by atoms with Gasteiger partial charge in [0.25, 0.3) is 0 Å². The van der Waals surface area contributed by atoms with Crippen molar-refractivity contribution in [3.05, 3.63) is 34.9 Å². The minimum absolute atomic E-state index is 0.0546. The van der Waals surface area contributed by atoms with Gasteiger partial charge in [-0.2, -0.15) is 13.2 Å². The molecule has 0 spiro atoms. The second-order valence-corrected chi connectivity index (χ2v) is 7.96. The Kier molecular flexibility index (Phi) is 3.45. The van der Waals surface area contributed by atoms with Crippen molar-refractivity contribution in [2.75, 3.05) is 6.54 Å². The lowest BCUT2D eigenvalue weighted by Gasteiger charge is -2.57. The highest BCUT2D eigenvalue weighted by Gasteiger charge is 2.55. The second kappa shape index (κ2) is 4.73. The first-order valence-electron chi connectivity index (χ1n) is 8.07. The van der Waals surface area contributed by atoms with Gasteiger partial charge in [0.2, 0.25) is 0 Å². The molecule has 2 aliphatic rings. The highest BCUT2D eigenvalue weighted by molar-refractivity contribution is 5.45. The molecule has 2 nitrogen and oxygen atoms in total. The number of benzene rings is 1. The van der Waals surface area contributed by atoms with Crippen LogP contribution in [0.15, 0.2) is 18.2 Å². The third kappa shape index (κ3) is 2.16. The van der Waals surface area contributed by atoms with Crippen LogP contribution in [0.3, 0.4) is 0 Å². The van der Waals surface area contributed by atoms with Gasteiger partial charge in [-0.1, -0.05) is 39.0 Å². The predicted molar refractivity (Wildman–Crippen MR) is 83.3 cm³/mol. The second-order valence-electron chi connectivity index (χ2n) is 7.96. The number of nitrogens with one attached hydrogen (secondary N) is 1. The normalized spacial score (nSPS) is 32.1. The maximum atomic E-state index is 13.2. The number of aliphatic hydroxyl groups is 1. The van der Waals surface area contributed by atoms with E-state index >= 15 is 0 Å². The molecule has 2 unspecified atom stereocenters. The van der Waals surface area contributed by atoms with E-state index in [1.807, 2.05) is 0 Å². The highest BCUT2D eigenvalue weighted by Crippen LogP contribution is 2.54. The summed E-state index contributed by atoms with van der Waals surface area (Å²) in [4.78, 5) is 0. The van der Waals surface area contributed by atoms with Crippen LogP contribution in [-0.2, 0) is 17.4 Å². The van der Waals surface area contributed by atoms with Gasteiger partial charge in [-0.3, -0.25) is 0 Å². The molecule has 23 heavy (non-hydrogen) atoms. The van der Waals surface area contributed by atoms with Crippen molar-refractivity contribution in [3.63, 3.8) is 0 Å². The Labute approximate surface area is 135 Å². The summed E-state index contributed by atoms with van der Waals surface area (Å²) in [5.74, 6) is 0. The summed E-state index contributed by atoms with van der Waals surface area (Å²) in [6, 6.07) is 5.09. The zero-order valence-corrected chi connectivity index (χ0v) is 14.0. The van der Waals surface area contributed by atoms with E-state index in [0.29, 0.717) is 6.04 Å². The van der Waals surface area contributed by atoms with Crippen LogP contribution in [0.4, 0.5) is 13.2 Å². The van der Waals surface area contributed by atoms with E-state index in [2.05, 4.69) is 26.1 Å². The van der Waals surface area contributed by atoms with Crippen molar-refractivity contribution in [2.45, 2.75) is 63.8 Å². The molecule has 5 heteroatoms. The van der Waals surface area contributed by atoms with E-state index in [0.717, 1.165) is 37.4 Å². The summed E-state index contributed by atoms with van der Waals surface area (Å²) in [5, 5.41) is 13.6. The summed E-state index contributed by atoms with van der Waals surface area (Å²) < 4.78 is 39.6. The van der Waals surface area contributed by atoms with Crippen LogP contribution in [0.1, 0.15) is 50.8 Å². The van der Waals surface area contributed by atoms with Crippen molar-refractivity contribution in [1.82, 2.24) is 5.32 Å². The van der Waals surface area contributed by atoms with Gasteiger partial charge >= 0.3 is 6.18 Å². The van der Waals surface area contributed by atoms with Gasteiger partial charge in [-0.15, -0.1) is 0 Å². The molecule has 1 aliphatic carbocycles. The molecule has 0 saturated carbocycles. The van der Waals surface area contributed by atoms with Gasteiger partial charge in [0.15, 0.2) is 5.60 Å². The molecule has 1 heterocycles. The van der Waals surface area contributed by atoms with Crippen LogP contribution in [0, 0.1) is 5.41 Å². The highest BCUT2D eigenvalue weighted by atomic mass is 19.4. The summed E-state index contributed by atoms with van der Waals surface area (Å²) in [5.41, 5.74) is -1.10. The van der Waals surface area contributed by atoms with Crippen LogP contribution in [0.2, 0.25) is 0 Å². The molecule has 3 rings (SSSR count). The molecule has 1 aliphatic heterocycles. The molecular formula is C18H24F3NO. The van der Waals surface area contributed by atoms with E-state index in [1.165, 1.54) is 6.07 Å². The maximum absolute atomic E-state index is 13.2. The average molecular weight is 327 g/mol. The fraction of sp³-hybridized carbons (Fsp3) is 0.667. The van der Waals surface area contributed by atoms with Crippen LogP contribution in [0.25, 0.3) is 0 Å². The molecule has 0 aromatic heterocycles. The van der Waals surface area contributed by atoms with Crippen LogP contribution < -0.4 is 5.32 Å². The van der Waals surface area contributed by atoms with Crippen LogP contribution in [-0.4, -0.2) is 23.9 Å². The average Bonchev–Trinajstić information content (AvgIpc) is 2.41. The molecule has 0 radical (unpaired) electrons. The van der Waals surface area contributed by atoms with Crippen molar-refractivity contribution in [1.29, 1.82) is 0 Å². The SMILES string of the molecule is CC(O)(c1ccc2c(c1)[C@]1(C)CCNC(C2)C1(C)C)C(F)(F)F. The standard InChI is InChI=1S/C18H24F3NO/c1-15(2)14-9-11-5-6-12(17(4,23)18(19,20)21)10-13(11)16(15,3)7-8-22-14/h5-6,10,14,22-23H,7-9H2,1-4H3/t14?,16-,17?/m0/s1. The van der Waals surface area contributed by atoms with Gasteiger partial charge in [0.05, 0.1) is 0 Å². The van der Waals surface area contributed by atoms with E-state index in [-0.39, 0.29) is 16.4 Å². The fourth-order valence-corrected chi connectivity index (χ4v) is 4.22. The van der Waals surface area contributed by atoms with E-state index in [4.69, 9.17) is 0 Å². The Balaban J connectivity index is 2.16. The summed E-state index contributed by atoms with van der Waals surface area (Å²) in [7, 11) is 0. The van der Waals surface area contributed by atoms with Gasteiger partial charge < -0.3 is 10.4 Å². The van der Waals surface area contributed by atoms with E-state index in [9.17, 15) is 18.3 Å². The maximum Gasteiger partial charge on any atom is 0.421 e. The first kappa shape index (κ1) is 16.8.